The first-order chi connectivity index (χ1) is 13.5. The van der Waals surface area contributed by atoms with Crippen molar-refractivity contribution in [3.8, 4) is 11.5 Å². The molecule has 0 unspecified atom stereocenters. The van der Waals surface area contributed by atoms with E-state index >= 15 is 0 Å². The molecule has 0 saturated carbocycles. The van der Waals surface area contributed by atoms with Gasteiger partial charge in [0.05, 0.1) is 30.8 Å². The standard InChI is InChI=1S/C22H23N3O3/c1-15(2)28-18-11-8-16(9-12-18)24-17-10-13-20(23-14-17)22(26)25-19-6-4-5-7-21(19)27-3/h4-15,24H,1-3H3,(H,25,26). The van der Waals surface area contributed by atoms with E-state index in [2.05, 4.69) is 15.6 Å². The van der Waals surface area contributed by atoms with Gasteiger partial charge in [0.2, 0.25) is 0 Å². The van der Waals surface area contributed by atoms with Crippen LogP contribution < -0.4 is 20.1 Å². The first-order valence-corrected chi connectivity index (χ1v) is 8.99. The van der Waals surface area contributed by atoms with E-state index < -0.39 is 0 Å². The van der Waals surface area contributed by atoms with Crippen LogP contribution in [0.25, 0.3) is 0 Å². The highest BCUT2D eigenvalue weighted by Crippen LogP contribution is 2.24. The number of aromatic nitrogens is 1. The zero-order chi connectivity index (χ0) is 19.9. The fraction of sp³-hybridized carbons (Fsp3) is 0.182. The molecule has 6 nitrogen and oxygen atoms in total. The SMILES string of the molecule is COc1ccccc1NC(=O)c1ccc(Nc2ccc(OC(C)C)cc2)cn1. The second kappa shape index (κ2) is 8.90. The lowest BCUT2D eigenvalue weighted by atomic mass is 10.2. The molecule has 28 heavy (non-hydrogen) atoms. The van der Waals surface area contributed by atoms with Crippen molar-refractivity contribution >= 4 is 23.0 Å². The highest BCUT2D eigenvalue weighted by atomic mass is 16.5. The average Bonchev–Trinajstić information content (AvgIpc) is 2.70. The third kappa shape index (κ3) is 5.01. The summed E-state index contributed by atoms with van der Waals surface area (Å²) in [6.45, 7) is 3.98. The van der Waals surface area contributed by atoms with Crippen molar-refractivity contribution < 1.29 is 14.3 Å². The van der Waals surface area contributed by atoms with Crippen LogP contribution in [0, 0.1) is 0 Å². The van der Waals surface area contributed by atoms with E-state index in [9.17, 15) is 4.79 Å². The molecule has 0 radical (unpaired) electrons. The summed E-state index contributed by atoms with van der Waals surface area (Å²) in [5, 5.41) is 6.06. The monoisotopic (exact) mass is 377 g/mol. The first kappa shape index (κ1) is 19.2. The minimum absolute atomic E-state index is 0.137. The quantitative estimate of drug-likeness (QED) is 0.614. The van der Waals surface area contributed by atoms with Gasteiger partial charge in [-0.3, -0.25) is 4.79 Å². The van der Waals surface area contributed by atoms with Crippen molar-refractivity contribution in [2.24, 2.45) is 0 Å². The molecule has 3 aromatic rings. The molecule has 2 N–H and O–H groups in total. The number of ether oxygens (including phenoxy) is 2. The molecule has 0 atom stereocenters. The van der Waals surface area contributed by atoms with Crippen LogP contribution in [0.15, 0.2) is 66.9 Å². The van der Waals surface area contributed by atoms with Crippen molar-refractivity contribution in [1.29, 1.82) is 0 Å². The molecule has 1 heterocycles. The molecule has 0 aliphatic carbocycles. The second-order valence-electron chi connectivity index (χ2n) is 6.40. The predicted octanol–water partition coefficient (Wildman–Crippen LogP) is 4.87. The number of hydrogen-bond donors (Lipinski definition) is 2. The molecule has 0 saturated heterocycles. The number of anilines is 3. The predicted molar refractivity (Wildman–Crippen MR) is 111 cm³/mol. The lowest BCUT2D eigenvalue weighted by Gasteiger charge is -2.11. The molecule has 1 aromatic heterocycles. The number of rotatable bonds is 7. The molecule has 3 rings (SSSR count). The summed E-state index contributed by atoms with van der Waals surface area (Å²) in [7, 11) is 1.56. The summed E-state index contributed by atoms with van der Waals surface area (Å²) in [5.41, 5.74) is 2.61. The van der Waals surface area contributed by atoms with Gasteiger partial charge in [-0.2, -0.15) is 0 Å². The van der Waals surface area contributed by atoms with Gasteiger partial charge in [0.15, 0.2) is 0 Å². The van der Waals surface area contributed by atoms with E-state index in [1.807, 2.05) is 56.3 Å². The number of nitrogens with zero attached hydrogens (tertiary/aromatic N) is 1. The normalized spacial score (nSPS) is 10.4. The molecule has 0 aliphatic heterocycles. The van der Waals surface area contributed by atoms with Crippen LogP contribution in [0.3, 0.4) is 0 Å². The van der Waals surface area contributed by atoms with E-state index in [1.165, 1.54) is 0 Å². The Morgan fingerprint density at radius 3 is 2.32 bits per heavy atom. The molecule has 6 heteroatoms. The van der Waals surface area contributed by atoms with E-state index in [0.717, 1.165) is 17.1 Å². The van der Waals surface area contributed by atoms with E-state index in [-0.39, 0.29) is 12.0 Å². The van der Waals surface area contributed by atoms with E-state index in [1.54, 1.807) is 31.5 Å². The van der Waals surface area contributed by atoms with E-state index in [4.69, 9.17) is 9.47 Å². The maximum absolute atomic E-state index is 12.4. The van der Waals surface area contributed by atoms with Gasteiger partial charge in [-0.15, -0.1) is 0 Å². The Labute approximate surface area is 164 Å². The Morgan fingerprint density at radius 2 is 1.68 bits per heavy atom. The fourth-order valence-electron chi connectivity index (χ4n) is 2.59. The van der Waals surface area contributed by atoms with Crippen LogP contribution in [0.2, 0.25) is 0 Å². The summed E-state index contributed by atoms with van der Waals surface area (Å²) < 4.78 is 10.9. The van der Waals surface area contributed by atoms with Crippen LogP contribution in [0.4, 0.5) is 17.1 Å². The average molecular weight is 377 g/mol. The number of carbonyl (C=O) groups excluding carboxylic acids is 1. The summed E-state index contributed by atoms with van der Waals surface area (Å²) >= 11 is 0. The van der Waals surface area contributed by atoms with Gasteiger partial charge in [-0.25, -0.2) is 4.98 Å². The van der Waals surface area contributed by atoms with Gasteiger partial charge >= 0.3 is 0 Å². The lowest BCUT2D eigenvalue weighted by molar-refractivity contribution is 0.102. The second-order valence-corrected chi connectivity index (χ2v) is 6.40. The topological polar surface area (TPSA) is 72.5 Å². The van der Waals surface area contributed by atoms with Crippen LogP contribution >= 0.6 is 0 Å². The van der Waals surface area contributed by atoms with Crippen LogP contribution in [-0.4, -0.2) is 24.1 Å². The van der Waals surface area contributed by atoms with Gasteiger partial charge in [-0.05, 0) is 62.4 Å². The molecule has 0 aliphatic rings. The van der Waals surface area contributed by atoms with Gasteiger partial charge in [-0.1, -0.05) is 12.1 Å². The van der Waals surface area contributed by atoms with Crippen molar-refractivity contribution in [2.75, 3.05) is 17.7 Å². The maximum Gasteiger partial charge on any atom is 0.274 e. The Morgan fingerprint density at radius 1 is 0.964 bits per heavy atom. The number of methoxy groups -OCH3 is 1. The van der Waals surface area contributed by atoms with Crippen LogP contribution in [0.1, 0.15) is 24.3 Å². The van der Waals surface area contributed by atoms with Crippen LogP contribution in [0.5, 0.6) is 11.5 Å². The molecule has 144 valence electrons. The van der Waals surface area contributed by atoms with Crippen molar-refractivity contribution in [2.45, 2.75) is 20.0 Å². The largest absolute Gasteiger partial charge is 0.495 e. The van der Waals surface area contributed by atoms with E-state index in [0.29, 0.717) is 17.1 Å². The number of hydrogen-bond acceptors (Lipinski definition) is 5. The van der Waals surface area contributed by atoms with Gasteiger partial charge in [0.1, 0.15) is 17.2 Å². The minimum atomic E-state index is -0.300. The number of amides is 1. The van der Waals surface area contributed by atoms with Crippen molar-refractivity contribution in [3.63, 3.8) is 0 Å². The summed E-state index contributed by atoms with van der Waals surface area (Å²) in [6.07, 6.45) is 1.76. The third-order valence-corrected chi connectivity index (χ3v) is 3.87. The zero-order valence-corrected chi connectivity index (χ0v) is 16.1. The Kier molecular flexibility index (Phi) is 6.11. The molecule has 0 fully saturated rings. The molecule has 2 aromatic carbocycles. The minimum Gasteiger partial charge on any atom is -0.495 e. The number of nitrogens with one attached hydrogen (secondary N) is 2. The maximum atomic E-state index is 12.4. The summed E-state index contributed by atoms with van der Waals surface area (Å²) in [6, 6.07) is 18.4. The van der Waals surface area contributed by atoms with Gasteiger partial charge in [0, 0.05) is 5.69 Å². The highest BCUT2D eigenvalue weighted by molar-refractivity contribution is 6.03. The Bertz CT molecular complexity index is 923. The fourth-order valence-corrected chi connectivity index (χ4v) is 2.59. The van der Waals surface area contributed by atoms with Crippen molar-refractivity contribution in [3.05, 3.63) is 72.6 Å². The summed E-state index contributed by atoms with van der Waals surface area (Å²) in [4.78, 5) is 16.7. The lowest BCUT2D eigenvalue weighted by Crippen LogP contribution is -2.14. The van der Waals surface area contributed by atoms with Gasteiger partial charge < -0.3 is 20.1 Å². The molecular formula is C22H23N3O3. The molecular weight excluding hydrogens is 354 g/mol. The number of carbonyl (C=O) groups is 1. The number of pyridine rings is 1. The number of para-hydroxylation sites is 2. The third-order valence-electron chi connectivity index (χ3n) is 3.87. The molecule has 0 bridgehead atoms. The van der Waals surface area contributed by atoms with Crippen molar-refractivity contribution in [1.82, 2.24) is 4.98 Å². The van der Waals surface area contributed by atoms with Crippen LogP contribution in [-0.2, 0) is 0 Å². The Hall–Kier alpha value is -3.54. The smallest absolute Gasteiger partial charge is 0.274 e. The highest BCUT2D eigenvalue weighted by Gasteiger charge is 2.10. The van der Waals surface area contributed by atoms with Gasteiger partial charge in [0.25, 0.3) is 5.91 Å². The molecule has 1 amide bonds. The number of benzene rings is 2. The first-order valence-electron chi connectivity index (χ1n) is 8.99. The Balaban J connectivity index is 1.63. The molecule has 0 spiro atoms. The zero-order valence-electron chi connectivity index (χ0n) is 16.1. The summed E-state index contributed by atoms with van der Waals surface area (Å²) in [5.74, 6) is 1.12.